The van der Waals surface area contributed by atoms with E-state index in [1.165, 1.54) is 18.2 Å². The standard InChI is InChI=1S/C10H10O4/c1-6(9(11)12)7-3-2-4-8(5-7)10(13)14/h2-6H,1H3,(H,11,12)(H,13,14)/i1D3. The number of carboxylic acid groups (broad SMARTS) is 2. The van der Waals surface area contributed by atoms with Crippen LogP contribution in [-0.2, 0) is 4.79 Å². The monoisotopic (exact) mass is 197 g/mol. The number of aromatic carboxylic acids is 1. The Morgan fingerprint density at radius 2 is 2.14 bits per heavy atom. The molecule has 2 N–H and O–H groups in total. The fraction of sp³-hybridized carbons (Fsp3) is 0.200. The van der Waals surface area contributed by atoms with E-state index < -0.39 is 24.7 Å². The zero-order valence-electron chi connectivity index (χ0n) is 10.1. The Kier molecular flexibility index (Phi) is 1.84. The van der Waals surface area contributed by atoms with E-state index in [1.54, 1.807) is 0 Å². The van der Waals surface area contributed by atoms with Gasteiger partial charge in [-0.25, -0.2) is 4.79 Å². The third-order valence-electron chi connectivity index (χ3n) is 1.71. The van der Waals surface area contributed by atoms with E-state index in [4.69, 9.17) is 14.3 Å². The highest BCUT2D eigenvalue weighted by molar-refractivity contribution is 5.88. The lowest BCUT2D eigenvalue weighted by atomic mass is 9.99. The molecule has 0 aromatic heterocycles. The first kappa shape index (κ1) is 6.59. The predicted molar refractivity (Wildman–Crippen MR) is 49.5 cm³/mol. The van der Waals surface area contributed by atoms with Gasteiger partial charge in [-0.1, -0.05) is 12.1 Å². The summed E-state index contributed by atoms with van der Waals surface area (Å²) in [6.07, 6.45) is 0. The second-order valence-corrected chi connectivity index (χ2v) is 2.70. The normalized spacial score (nSPS) is 16.1. The Hall–Kier alpha value is -1.84. The zero-order valence-corrected chi connectivity index (χ0v) is 7.10. The van der Waals surface area contributed by atoms with Gasteiger partial charge in [-0.05, 0) is 24.5 Å². The minimum Gasteiger partial charge on any atom is -0.481 e. The van der Waals surface area contributed by atoms with E-state index in [1.807, 2.05) is 0 Å². The molecule has 0 spiro atoms. The summed E-state index contributed by atoms with van der Waals surface area (Å²) in [5.74, 6) is -4.46. The van der Waals surface area contributed by atoms with Crippen molar-refractivity contribution in [1.29, 1.82) is 0 Å². The van der Waals surface area contributed by atoms with Crippen molar-refractivity contribution in [3.8, 4) is 0 Å². The van der Waals surface area contributed by atoms with Gasteiger partial charge in [-0.3, -0.25) is 4.79 Å². The maximum atomic E-state index is 10.9. The van der Waals surface area contributed by atoms with Crippen molar-refractivity contribution < 1.29 is 23.9 Å². The van der Waals surface area contributed by atoms with Crippen molar-refractivity contribution in [1.82, 2.24) is 0 Å². The molecule has 1 aromatic carbocycles. The molecular formula is C10H10O4. The minimum absolute atomic E-state index is 0.0441. The van der Waals surface area contributed by atoms with Crippen molar-refractivity contribution in [2.24, 2.45) is 0 Å². The molecule has 1 unspecified atom stereocenters. The first-order chi connectivity index (χ1) is 7.73. The van der Waals surface area contributed by atoms with Gasteiger partial charge in [-0.2, -0.15) is 0 Å². The van der Waals surface area contributed by atoms with Gasteiger partial charge in [-0.15, -0.1) is 0 Å². The molecule has 0 saturated heterocycles. The first-order valence-corrected chi connectivity index (χ1v) is 3.79. The Morgan fingerprint density at radius 3 is 2.64 bits per heavy atom. The summed E-state index contributed by atoms with van der Waals surface area (Å²) >= 11 is 0. The summed E-state index contributed by atoms with van der Waals surface area (Å²) in [6.45, 7) is -2.72. The van der Waals surface area contributed by atoms with E-state index in [0.29, 0.717) is 0 Å². The minimum atomic E-state index is -2.72. The summed E-state index contributed by atoms with van der Waals surface area (Å²) in [5.41, 5.74) is -0.185. The lowest BCUT2D eigenvalue weighted by Crippen LogP contribution is -2.08. The van der Waals surface area contributed by atoms with E-state index in [2.05, 4.69) is 0 Å². The molecule has 4 nitrogen and oxygen atoms in total. The number of hydrogen-bond donors (Lipinski definition) is 2. The van der Waals surface area contributed by atoms with Gasteiger partial charge in [0.2, 0.25) is 0 Å². The van der Waals surface area contributed by atoms with Crippen molar-refractivity contribution in [3.63, 3.8) is 0 Å². The average molecular weight is 197 g/mol. The van der Waals surface area contributed by atoms with Gasteiger partial charge in [0, 0.05) is 4.11 Å². The molecule has 4 heteroatoms. The maximum Gasteiger partial charge on any atom is 0.335 e. The molecular weight excluding hydrogens is 184 g/mol. The Labute approximate surface area is 85.0 Å². The molecule has 14 heavy (non-hydrogen) atoms. The fourth-order valence-electron chi connectivity index (χ4n) is 0.994. The Morgan fingerprint density at radius 1 is 1.43 bits per heavy atom. The molecule has 74 valence electrons. The molecule has 0 aliphatic carbocycles. The highest BCUT2D eigenvalue weighted by Crippen LogP contribution is 2.16. The molecule has 1 atom stereocenters. The van der Waals surface area contributed by atoms with Crippen LogP contribution in [0.4, 0.5) is 0 Å². The van der Waals surface area contributed by atoms with Crippen molar-refractivity contribution in [3.05, 3.63) is 35.4 Å². The molecule has 0 fully saturated rings. The number of carboxylic acids is 2. The van der Waals surface area contributed by atoms with Gasteiger partial charge in [0.15, 0.2) is 0 Å². The van der Waals surface area contributed by atoms with Crippen LogP contribution in [0.5, 0.6) is 0 Å². The second-order valence-electron chi connectivity index (χ2n) is 2.70. The summed E-state index contributed by atoms with van der Waals surface area (Å²) in [5, 5.41) is 17.6. The zero-order chi connectivity index (χ0) is 13.2. The van der Waals surface area contributed by atoms with Crippen LogP contribution in [0.3, 0.4) is 0 Å². The molecule has 0 aliphatic rings. The Balaban J connectivity index is 3.25. The summed E-state index contributed by atoms with van der Waals surface area (Å²) in [7, 11) is 0. The van der Waals surface area contributed by atoms with Crippen LogP contribution in [0.1, 0.15) is 32.8 Å². The van der Waals surface area contributed by atoms with Crippen LogP contribution in [-0.4, -0.2) is 22.2 Å². The summed E-state index contributed by atoms with van der Waals surface area (Å²) < 4.78 is 21.4. The summed E-state index contributed by atoms with van der Waals surface area (Å²) in [6, 6.07) is 4.94. The number of hydrogen-bond acceptors (Lipinski definition) is 2. The largest absolute Gasteiger partial charge is 0.481 e. The summed E-state index contributed by atoms with van der Waals surface area (Å²) in [4.78, 5) is 21.6. The first-order valence-electron chi connectivity index (χ1n) is 5.29. The Bertz CT molecular complexity index is 453. The van der Waals surface area contributed by atoms with Crippen LogP contribution < -0.4 is 0 Å². The maximum absolute atomic E-state index is 10.9. The number of aliphatic carboxylic acids is 1. The molecule has 0 saturated carbocycles. The van der Waals surface area contributed by atoms with Crippen LogP contribution >= 0.6 is 0 Å². The molecule has 0 amide bonds. The van der Waals surface area contributed by atoms with Gasteiger partial charge in [0.1, 0.15) is 0 Å². The lowest BCUT2D eigenvalue weighted by Gasteiger charge is -2.06. The van der Waals surface area contributed by atoms with Gasteiger partial charge < -0.3 is 10.2 Å². The lowest BCUT2D eigenvalue weighted by molar-refractivity contribution is -0.138. The van der Waals surface area contributed by atoms with Crippen molar-refractivity contribution >= 4 is 11.9 Å². The quantitative estimate of drug-likeness (QED) is 0.771. The number of carbonyl (C=O) groups is 2. The smallest absolute Gasteiger partial charge is 0.335 e. The van der Waals surface area contributed by atoms with E-state index in [9.17, 15) is 9.59 Å². The van der Waals surface area contributed by atoms with Gasteiger partial charge in [0.25, 0.3) is 0 Å². The molecule has 0 radical (unpaired) electrons. The topological polar surface area (TPSA) is 74.6 Å². The molecule has 0 heterocycles. The number of rotatable bonds is 3. The third-order valence-corrected chi connectivity index (χ3v) is 1.71. The highest BCUT2D eigenvalue weighted by atomic mass is 16.4. The molecule has 0 bridgehead atoms. The van der Waals surface area contributed by atoms with Crippen molar-refractivity contribution in [2.45, 2.75) is 12.8 Å². The van der Waals surface area contributed by atoms with Crippen LogP contribution in [0, 0.1) is 0 Å². The third kappa shape index (κ3) is 2.10. The highest BCUT2D eigenvalue weighted by Gasteiger charge is 2.14. The fourth-order valence-corrected chi connectivity index (χ4v) is 0.994. The van der Waals surface area contributed by atoms with E-state index in [0.717, 1.165) is 6.07 Å². The second kappa shape index (κ2) is 3.91. The molecule has 0 aliphatic heterocycles. The SMILES string of the molecule is [2H]C([2H])([2H])C(C(=O)O)c1cccc(C(=O)O)c1. The van der Waals surface area contributed by atoms with Crippen LogP contribution in [0.2, 0.25) is 0 Å². The predicted octanol–water partition coefficient (Wildman–Crippen LogP) is 1.57. The molecule has 1 rings (SSSR count). The van der Waals surface area contributed by atoms with E-state index >= 15 is 0 Å². The van der Waals surface area contributed by atoms with Crippen LogP contribution in [0.25, 0.3) is 0 Å². The van der Waals surface area contributed by atoms with Crippen molar-refractivity contribution in [2.75, 3.05) is 0 Å². The van der Waals surface area contributed by atoms with Gasteiger partial charge in [0.05, 0.1) is 11.5 Å². The van der Waals surface area contributed by atoms with E-state index in [-0.39, 0.29) is 11.1 Å². The average Bonchev–Trinajstić information content (AvgIpc) is 2.15. The van der Waals surface area contributed by atoms with Crippen LogP contribution in [0.15, 0.2) is 24.3 Å². The molecule has 1 aromatic rings. The number of benzene rings is 1. The van der Waals surface area contributed by atoms with Gasteiger partial charge >= 0.3 is 11.9 Å².